The van der Waals surface area contributed by atoms with Crippen molar-refractivity contribution >= 4 is 53.8 Å². The molecule has 0 saturated heterocycles. The van der Waals surface area contributed by atoms with Gasteiger partial charge in [-0.3, -0.25) is 0 Å². The van der Waals surface area contributed by atoms with Crippen LogP contribution in [0.25, 0.3) is 0 Å². The summed E-state index contributed by atoms with van der Waals surface area (Å²) in [4.78, 5) is 12.2. The van der Waals surface area contributed by atoms with Crippen molar-refractivity contribution in [2.75, 3.05) is 0 Å². The Balaban J connectivity index is 0.00000336. The van der Waals surface area contributed by atoms with Crippen LogP contribution in [0.2, 0.25) is 0 Å². The van der Waals surface area contributed by atoms with Crippen LogP contribution >= 0.6 is 0 Å². The molecule has 2 unspecified atom stereocenters. The molecule has 4 aliphatic rings. The monoisotopic (exact) mass is 570 g/mol. The number of carboxylic acids is 1. The third kappa shape index (κ3) is 3.79. The van der Waals surface area contributed by atoms with Crippen molar-refractivity contribution in [2.45, 2.75) is 97.2 Å². The summed E-state index contributed by atoms with van der Waals surface area (Å²) in [6.45, 7) is 12.0. The first-order chi connectivity index (χ1) is 16.8. The minimum absolute atomic E-state index is 0. The Kier molecular flexibility index (Phi) is 7.02. The van der Waals surface area contributed by atoms with Crippen LogP contribution in [0.1, 0.15) is 102 Å². The van der Waals surface area contributed by atoms with E-state index in [-0.39, 0.29) is 71.4 Å². The Bertz CT molecular complexity index is 1350. The molecule has 0 bridgehead atoms. The molecule has 0 heterocycles. The molecule has 7 atom stereocenters. The second kappa shape index (κ2) is 8.85. The molecule has 0 aliphatic heterocycles. The first kappa shape index (κ1) is 30.2. The van der Waals surface area contributed by atoms with E-state index in [1.54, 1.807) is 13.0 Å². The molecule has 1 aromatic rings. The van der Waals surface area contributed by atoms with Gasteiger partial charge in [-0.05, 0) is 96.8 Å². The molecular weight excluding hydrogens is 532 g/mol. The number of carbonyl (C=O) groups excluding carboxylic acids is 1. The molecule has 38 heavy (non-hydrogen) atoms. The van der Waals surface area contributed by atoms with Crippen molar-refractivity contribution < 1.29 is 33.1 Å². The molecule has 3 saturated carbocycles. The minimum Gasteiger partial charge on any atom is -0.747 e. The molecule has 1 aromatic carbocycles. The van der Waals surface area contributed by atoms with E-state index < -0.39 is 43.3 Å². The van der Waals surface area contributed by atoms with Crippen LogP contribution < -0.4 is 5.11 Å². The molecule has 4 aliphatic carbocycles. The number of aliphatic carboxylic acids is 1. The van der Waals surface area contributed by atoms with Crippen LogP contribution in [0.15, 0.2) is 17.7 Å². The van der Waals surface area contributed by atoms with Gasteiger partial charge in [-0.25, -0.2) is 8.42 Å². The number of benzene rings is 1. The normalized spacial score (nSPS) is 41.9. The first-order valence-electron chi connectivity index (χ1n) is 13.3. The second-order valence-electron chi connectivity index (χ2n) is 13.7. The zero-order valence-corrected chi connectivity index (χ0v) is 26.3. The minimum atomic E-state index is -4.82. The molecule has 5 rings (SSSR count). The third-order valence-electron chi connectivity index (χ3n) is 11.9. The summed E-state index contributed by atoms with van der Waals surface area (Å²) in [6, 6.07) is 1.44. The van der Waals surface area contributed by atoms with E-state index in [1.807, 2.05) is 6.92 Å². The Morgan fingerprint density at radius 3 is 2.18 bits per heavy atom. The van der Waals surface area contributed by atoms with Gasteiger partial charge < -0.3 is 24.7 Å². The number of fused-ring (bicyclic) bond motifs is 7. The molecule has 2 N–H and O–H groups in total. The van der Waals surface area contributed by atoms with E-state index in [0.29, 0.717) is 24.8 Å². The van der Waals surface area contributed by atoms with Crippen LogP contribution in [0.4, 0.5) is 0 Å². The number of phenols is 2. The van der Waals surface area contributed by atoms with Gasteiger partial charge in [-0.2, -0.15) is 0 Å². The molecular formula is C29H38CaO7S. The van der Waals surface area contributed by atoms with Crippen molar-refractivity contribution in [3.05, 3.63) is 34.4 Å². The van der Waals surface area contributed by atoms with E-state index in [0.717, 1.165) is 31.3 Å². The van der Waals surface area contributed by atoms with Crippen molar-refractivity contribution in [2.24, 2.45) is 27.6 Å². The topological polar surface area (TPSA) is 138 Å². The van der Waals surface area contributed by atoms with Gasteiger partial charge >= 0.3 is 37.7 Å². The number of carbonyl (C=O) groups is 1. The third-order valence-corrected chi connectivity index (χ3v) is 12.9. The molecule has 0 radical (unpaired) electrons. The number of hydrogen-bond donors (Lipinski definition) is 2. The fraction of sp³-hybridized carbons (Fsp3) is 0.690. The number of allylic oxidation sites excluding steroid dienone is 1. The van der Waals surface area contributed by atoms with Crippen LogP contribution in [0, 0.1) is 34.5 Å². The Morgan fingerprint density at radius 2 is 1.61 bits per heavy atom. The van der Waals surface area contributed by atoms with Crippen molar-refractivity contribution in [3.8, 4) is 11.5 Å². The first-order valence-corrected chi connectivity index (χ1v) is 14.8. The van der Waals surface area contributed by atoms with E-state index >= 15 is 0 Å². The number of aromatic hydroxyl groups is 2. The predicted octanol–water partition coefficient (Wildman–Crippen LogP) is 3.97. The number of phenolic OH excluding ortho intramolecular Hbond substituents is 2. The van der Waals surface area contributed by atoms with Gasteiger partial charge in [0.25, 0.3) is 0 Å². The number of carboxylic acid groups (broad SMARTS) is 1. The van der Waals surface area contributed by atoms with Gasteiger partial charge in [0.15, 0.2) is 11.5 Å². The van der Waals surface area contributed by atoms with Crippen LogP contribution in [-0.2, 0) is 20.3 Å². The Hall–Kier alpha value is -0.800. The summed E-state index contributed by atoms with van der Waals surface area (Å²) >= 11 is 0. The summed E-state index contributed by atoms with van der Waals surface area (Å²) in [5, 5.41) is 31.7. The summed E-state index contributed by atoms with van der Waals surface area (Å²) in [5.41, 5.74) is -0.452. The Morgan fingerprint density at radius 1 is 1.00 bits per heavy atom. The van der Waals surface area contributed by atoms with Crippen molar-refractivity contribution in [1.82, 2.24) is 0 Å². The molecule has 0 aromatic heterocycles. The zero-order chi connectivity index (χ0) is 27.6. The molecule has 3 fully saturated rings. The average molecular weight is 571 g/mol. The fourth-order valence-electron chi connectivity index (χ4n) is 9.10. The maximum atomic E-state index is 12.6. The molecule has 204 valence electrons. The zero-order valence-electron chi connectivity index (χ0n) is 23.3. The number of hydrogen-bond acceptors (Lipinski definition) is 7. The molecule has 9 heteroatoms. The van der Waals surface area contributed by atoms with Crippen LogP contribution in [0.3, 0.4) is 0 Å². The molecule has 7 nitrogen and oxygen atoms in total. The maximum absolute atomic E-state index is 12.6. The fourth-order valence-corrected chi connectivity index (χ4v) is 10.00. The smallest absolute Gasteiger partial charge is 0.747 e. The number of rotatable bonds is 2. The van der Waals surface area contributed by atoms with Crippen LogP contribution in [-0.4, -0.2) is 66.9 Å². The Labute approximate surface area is 255 Å². The van der Waals surface area contributed by atoms with E-state index in [1.165, 1.54) is 13.0 Å². The second-order valence-corrected chi connectivity index (χ2v) is 15.2. The summed E-state index contributed by atoms with van der Waals surface area (Å²) in [6.07, 6.45) is 6.64. The van der Waals surface area contributed by atoms with Gasteiger partial charge in [-0.1, -0.05) is 46.3 Å². The molecule has 0 spiro atoms. The van der Waals surface area contributed by atoms with E-state index in [4.69, 9.17) is 0 Å². The maximum Gasteiger partial charge on any atom is 2.00 e. The van der Waals surface area contributed by atoms with E-state index in [9.17, 15) is 33.1 Å². The summed E-state index contributed by atoms with van der Waals surface area (Å²) in [7, 11) is -4.82. The average Bonchev–Trinajstić information content (AvgIpc) is 2.80. The van der Waals surface area contributed by atoms with Gasteiger partial charge in [0.2, 0.25) is 0 Å². The largest absolute Gasteiger partial charge is 2.00 e. The summed E-state index contributed by atoms with van der Waals surface area (Å²) < 4.78 is 37.9. The van der Waals surface area contributed by atoms with Crippen LogP contribution in [0.5, 0.6) is 11.5 Å². The van der Waals surface area contributed by atoms with Gasteiger partial charge in [-0.15, -0.1) is 0 Å². The predicted molar refractivity (Wildman–Crippen MR) is 141 cm³/mol. The van der Waals surface area contributed by atoms with Crippen molar-refractivity contribution in [1.29, 1.82) is 0 Å². The van der Waals surface area contributed by atoms with E-state index in [2.05, 4.69) is 20.8 Å². The summed E-state index contributed by atoms with van der Waals surface area (Å²) in [5.74, 6) is -1.66. The van der Waals surface area contributed by atoms with Gasteiger partial charge in [0.1, 0.15) is 10.1 Å². The quantitative estimate of drug-likeness (QED) is 0.237. The molecule has 0 amide bonds. The SMILES string of the molecule is Cc1c(O)c(O)cc2c1C(S(=O)(=O)[O-])C=C1[C@@]2(C)CC[C@@]2(C)C3C[C@](C)(C(=O)[O-])CC[C@]3(C)CC[C@]12C.[Ca+2]. The van der Waals surface area contributed by atoms with Crippen molar-refractivity contribution in [3.63, 3.8) is 0 Å². The van der Waals surface area contributed by atoms with Gasteiger partial charge in [0, 0.05) is 16.8 Å². The standard InChI is InChI=1S/C29H40O7S.Ca/c1-16-22-17(13-18(30)23(16)31)27(4)10-12-29(6)21-15-26(3,24(32)33)8-7-25(21,2)9-11-28(29,5)20(27)14-19(22)37(34,35)36;/h13-14,19,21,30-31H,7-12,15H2,1-6H3,(H,32,33)(H,34,35,36);/q;+2/p-2/t19?,21?,25-,26-,27+,28-,29+;/m1./s1. The van der Waals surface area contributed by atoms with Gasteiger partial charge in [0.05, 0.1) is 5.25 Å².